The van der Waals surface area contributed by atoms with Gasteiger partial charge < -0.3 is 9.47 Å². The van der Waals surface area contributed by atoms with E-state index in [1.807, 2.05) is 6.92 Å². The molecule has 1 saturated heterocycles. The van der Waals surface area contributed by atoms with Gasteiger partial charge in [-0.15, -0.1) is 0 Å². The lowest BCUT2D eigenvalue weighted by Crippen LogP contribution is -2.50. The number of hydrogen-bond acceptors (Lipinski definition) is 4. The number of nitrogens with zero attached hydrogens (tertiary/aromatic N) is 1. The number of carbonyl (C=O) groups is 1. The highest BCUT2D eigenvalue weighted by Gasteiger charge is 2.27. The van der Waals surface area contributed by atoms with Crippen molar-refractivity contribution in [3.63, 3.8) is 0 Å². The molecule has 0 amide bonds. The number of hydrogen-bond donors (Lipinski definition) is 0. The fraction of sp³-hybridized carbons (Fsp3) is 0.562. The number of methoxy groups -OCH3 is 1. The molecule has 1 aliphatic heterocycles. The molecule has 1 heterocycles. The van der Waals surface area contributed by atoms with Crippen LogP contribution in [0.15, 0.2) is 18.2 Å². The van der Waals surface area contributed by atoms with Gasteiger partial charge in [0.05, 0.1) is 26.4 Å². The van der Waals surface area contributed by atoms with Crippen LogP contribution in [0, 0.1) is 5.82 Å². The Balaban J connectivity index is 2.07. The molecule has 4 nitrogen and oxygen atoms in total. The zero-order valence-electron chi connectivity index (χ0n) is 12.8. The van der Waals surface area contributed by atoms with Gasteiger partial charge in [0.2, 0.25) is 0 Å². The van der Waals surface area contributed by atoms with Gasteiger partial charge in [-0.2, -0.15) is 0 Å². The van der Waals surface area contributed by atoms with Crippen molar-refractivity contribution >= 4 is 5.78 Å². The lowest BCUT2D eigenvalue weighted by atomic mass is 10.1. The third kappa shape index (κ3) is 3.80. The summed E-state index contributed by atoms with van der Waals surface area (Å²) in [7, 11) is 1.40. The lowest BCUT2D eigenvalue weighted by Gasteiger charge is -2.37. The zero-order chi connectivity index (χ0) is 15.4. The highest BCUT2D eigenvalue weighted by Crippen LogP contribution is 2.19. The molecule has 0 saturated carbocycles. The monoisotopic (exact) mass is 295 g/mol. The number of ether oxygens (including phenoxy) is 2. The fourth-order valence-corrected chi connectivity index (χ4v) is 2.60. The Bertz CT molecular complexity index is 506. The molecule has 116 valence electrons. The van der Waals surface area contributed by atoms with Crippen molar-refractivity contribution < 1.29 is 18.7 Å². The van der Waals surface area contributed by atoms with Crippen molar-refractivity contribution in [1.82, 2.24) is 4.90 Å². The van der Waals surface area contributed by atoms with E-state index < -0.39 is 5.82 Å². The molecule has 0 spiro atoms. The average Bonchev–Trinajstić information content (AvgIpc) is 2.47. The number of halogens is 1. The first-order valence-electron chi connectivity index (χ1n) is 7.27. The summed E-state index contributed by atoms with van der Waals surface area (Å²) in [5.41, 5.74) is 0.377. The molecule has 0 bridgehead atoms. The second-order valence-corrected chi connectivity index (χ2v) is 5.41. The molecule has 1 aromatic carbocycles. The summed E-state index contributed by atoms with van der Waals surface area (Å²) in [5, 5.41) is 0. The molecule has 1 aliphatic rings. The summed E-state index contributed by atoms with van der Waals surface area (Å²) in [6.45, 7) is 5.73. The van der Waals surface area contributed by atoms with Crippen LogP contribution >= 0.6 is 0 Å². The predicted octanol–water partition coefficient (Wildman–Crippen LogP) is 2.52. The summed E-state index contributed by atoms with van der Waals surface area (Å²) in [6, 6.07) is 4.58. The molecule has 1 fully saturated rings. The maximum absolute atomic E-state index is 13.7. The fourth-order valence-electron chi connectivity index (χ4n) is 2.60. The SMILES string of the molecule is CCC1COC(C)CN1CC(=O)c1ccc(OC)c(F)c1. The van der Waals surface area contributed by atoms with Crippen molar-refractivity contribution in [1.29, 1.82) is 0 Å². The topological polar surface area (TPSA) is 38.8 Å². The van der Waals surface area contributed by atoms with Crippen LogP contribution in [0.2, 0.25) is 0 Å². The Hall–Kier alpha value is -1.46. The van der Waals surface area contributed by atoms with E-state index >= 15 is 0 Å². The Kier molecular flexibility index (Phi) is 5.31. The Morgan fingerprint density at radius 1 is 1.52 bits per heavy atom. The third-order valence-corrected chi connectivity index (χ3v) is 3.87. The van der Waals surface area contributed by atoms with Gasteiger partial charge in [-0.3, -0.25) is 9.69 Å². The predicted molar refractivity (Wildman–Crippen MR) is 78.3 cm³/mol. The molecule has 0 N–H and O–H groups in total. The van der Waals surface area contributed by atoms with E-state index in [1.54, 1.807) is 6.07 Å². The van der Waals surface area contributed by atoms with Crippen LogP contribution in [0.3, 0.4) is 0 Å². The van der Waals surface area contributed by atoms with E-state index in [4.69, 9.17) is 9.47 Å². The Morgan fingerprint density at radius 2 is 2.29 bits per heavy atom. The number of benzene rings is 1. The van der Waals surface area contributed by atoms with E-state index in [2.05, 4.69) is 11.8 Å². The molecule has 21 heavy (non-hydrogen) atoms. The van der Waals surface area contributed by atoms with Crippen molar-refractivity contribution in [2.45, 2.75) is 32.4 Å². The molecule has 2 atom stereocenters. The van der Waals surface area contributed by atoms with E-state index in [9.17, 15) is 9.18 Å². The lowest BCUT2D eigenvalue weighted by molar-refractivity contribution is -0.0523. The Labute approximate surface area is 124 Å². The standard InChI is InChI=1S/C16H22FNO3/c1-4-13-10-21-11(2)8-18(13)9-15(19)12-5-6-16(20-3)14(17)7-12/h5-7,11,13H,4,8-10H2,1-3H3. The van der Waals surface area contributed by atoms with Gasteiger partial charge in [0.25, 0.3) is 0 Å². The van der Waals surface area contributed by atoms with Crippen molar-refractivity contribution in [2.75, 3.05) is 26.8 Å². The highest BCUT2D eigenvalue weighted by atomic mass is 19.1. The minimum absolute atomic E-state index is 0.0795. The normalized spacial score (nSPS) is 23.0. The van der Waals surface area contributed by atoms with Crippen LogP contribution < -0.4 is 4.74 Å². The second-order valence-electron chi connectivity index (χ2n) is 5.41. The van der Waals surface area contributed by atoms with Crippen LogP contribution in [0.4, 0.5) is 4.39 Å². The number of carbonyl (C=O) groups excluding carboxylic acids is 1. The minimum Gasteiger partial charge on any atom is -0.494 e. The van der Waals surface area contributed by atoms with Crippen LogP contribution in [0.5, 0.6) is 5.75 Å². The molecule has 2 rings (SSSR count). The highest BCUT2D eigenvalue weighted by molar-refractivity contribution is 5.97. The van der Waals surface area contributed by atoms with Gasteiger partial charge in [-0.05, 0) is 31.5 Å². The molecule has 2 unspecified atom stereocenters. The number of rotatable bonds is 5. The van der Waals surface area contributed by atoms with E-state index in [1.165, 1.54) is 19.2 Å². The molecular weight excluding hydrogens is 273 g/mol. The summed E-state index contributed by atoms with van der Waals surface area (Å²) < 4.78 is 24.2. The molecule has 0 aliphatic carbocycles. The van der Waals surface area contributed by atoms with Crippen molar-refractivity contribution in [3.05, 3.63) is 29.6 Å². The zero-order valence-corrected chi connectivity index (χ0v) is 12.8. The molecule has 0 radical (unpaired) electrons. The van der Waals surface area contributed by atoms with E-state index in [0.717, 1.165) is 13.0 Å². The van der Waals surface area contributed by atoms with E-state index in [0.29, 0.717) is 12.2 Å². The van der Waals surface area contributed by atoms with Crippen LogP contribution in [0.25, 0.3) is 0 Å². The third-order valence-electron chi connectivity index (χ3n) is 3.87. The van der Waals surface area contributed by atoms with E-state index in [-0.39, 0.29) is 30.2 Å². The summed E-state index contributed by atoms with van der Waals surface area (Å²) >= 11 is 0. The maximum atomic E-state index is 13.7. The first kappa shape index (κ1) is 15.9. The second kappa shape index (κ2) is 7.00. The first-order valence-corrected chi connectivity index (χ1v) is 7.27. The average molecular weight is 295 g/mol. The smallest absolute Gasteiger partial charge is 0.176 e. The quantitative estimate of drug-likeness (QED) is 0.783. The summed E-state index contributed by atoms with van der Waals surface area (Å²) in [5.74, 6) is -0.437. The molecule has 5 heteroatoms. The van der Waals surface area contributed by atoms with Crippen molar-refractivity contribution in [3.8, 4) is 5.75 Å². The number of ketones is 1. The Morgan fingerprint density at radius 3 is 2.90 bits per heavy atom. The molecule has 0 aromatic heterocycles. The minimum atomic E-state index is -0.509. The van der Waals surface area contributed by atoms with Gasteiger partial charge in [-0.25, -0.2) is 4.39 Å². The van der Waals surface area contributed by atoms with Crippen molar-refractivity contribution in [2.24, 2.45) is 0 Å². The van der Waals surface area contributed by atoms with Gasteiger partial charge in [0.15, 0.2) is 17.3 Å². The molecular formula is C16H22FNO3. The van der Waals surface area contributed by atoms with Gasteiger partial charge in [-0.1, -0.05) is 6.92 Å². The van der Waals surface area contributed by atoms with Gasteiger partial charge >= 0.3 is 0 Å². The van der Waals surface area contributed by atoms with Crippen LogP contribution in [0.1, 0.15) is 30.6 Å². The first-order chi connectivity index (χ1) is 10.0. The number of Topliss-reactive ketones (excluding diaryl/α,β-unsaturated/α-hetero) is 1. The molecule has 1 aromatic rings. The van der Waals surface area contributed by atoms with Gasteiger partial charge in [0.1, 0.15) is 0 Å². The van der Waals surface area contributed by atoms with Crippen LogP contribution in [-0.2, 0) is 4.74 Å². The maximum Gasteiger partial charge on any atom is 0.176 e. The summed E-state index contributed by atoms with van der Waals surface area (Å²) in [4.78, 5) is 14.5. The van der Waals surface area contributed by atoms with Gasteiger partial charge in [0, 0.05) is 18.2 Å². The van der Waals surface area contributed by atoms with Crippen LogP contribution in [-0.4, -0.2) is 49.6 Å². The number of morpholine rings is 1. The summed E-state index contributed by atoms with van der Waals surface area (Å²) in [6.07, 6.45) is 1.05. The largest absolute Gasteiger partial charge is 0.494 e.